The van der Waals surface area contributed by atoms with Gasteiger partial charge in [-0.3, -0.25) is 0 Å². The van der Waals surface area contributed by atoms with E-state index in [0.717, 1.165) is 20.8 Å². The zero-order valence-corrected chi connectivity index (χ0v) is 12.2. The molecule has 0 amide bonds. The van der Waals surface area contributed by atoms with Crippen molar-refractivity contribution in [1.29, 1.82) is 0 Å². The summed E-state index contributed by atoms with van der Waals surface area (Å²) < 4.78 is 6.89. The summed E-state index contributed by atoms with van der Waals surface area (Å²) in [6.07, 6.45) is 0. The topological polar surface area (TPSA) is 9.23 Å². The first-order valence-corrected chi connectivity index (χ1v) is 9.02. The molecule has 0 aliphatic heterocycles. The van der Waals surface area contributed by atoms with E-state index in [-0.39, 0.29) is 0 Å². The first-order valence-electron chi connectivity index (χ1n) is 4.44. The first-order chi connectivity index (χ1) is 6.29. The van der Waals surface area contributed by atoms with E-state index in [1.54, 1.807) is 0 Å². The van der Waals surface area contributed by atoms with Gasteiger partial charge >= 0.3 is 0 Å². The lowest BCUT2D eigenvalue weighted by atomic mass is 10.2. The lowest BCUT2D eigenvalue weighted by Crippen LogP contribution is -2.29. The van der Waals surface area contributed by atoms with Crippen LogP contribution in [0.3, 0.4) is 0 Å². The van der Waals surface area contributed by atoms with Crippen LogP contribution in [0, 0.1) is 6.92 Å². The van der Waals surface area contributed by atoms with Crippen molar-refractivity contribution in [3.63, 3.8) is 0 Å². The van der Waals surface area contributed by atoms with Crippen LogP contribution in [0.4, 0.5) is 0 Å². The lowest BCUT2D eigenvalue weighted by Gasteiger charge is -2.22. The van der Waals surface area contributed by atoms with Gasteiger partial charge < -0.3 is 4.43 Å². The minimum atomic E-state index is -1.55. The van der Waals surface area contributed by atoms with Gasteiger partial charge in [0.15, 0.2) is 0 Å². The van der Waals surface area contributed by atoms with Gasteiger partial charge in [0.1, 0.15) is 5.75 Å². The Labute approximate surface area is 99.7 Å². The Hall–Kier alpha value is 0.00688. The molecule has 78 valence electrons. The van der Waals surface area contributed by atoms with Crippen LogP contribution in [0.1, 0.15) is 5.56 Å². The summed E-state index contributed by atoms with van der Waals surface area (Å²) >= 11 is 9.38. The second kappa shape index (κ2) is 4.25. The highest BCUT2D eigenvalue weighted by Crippen LogP contribution is 2.33. The Bertz CT molecular complexity index is 323. The van der Waals surface area contributed by atoms with Crippen LogP contribution < -0.4 is 4.43 Å². The van der Waals surface area contributed by atoms with Crippen molar-refractivity contribution in [3.8, 4) is 5.75 Å². The van der Waals surface area contributed by atoms with Gasteiger partial charge in [0, 0.05) is 5.02 Å². The van der Waals surface area contributed by atoms with Crippen LogP contribution >= 0.6 is 27.5 Å². The maximum Gasteiger partial charge on any atom is 0.242 e. The fraction of sp³-hybridized carbons (Fsp3) is 0.400. The average molecular weight is 294 g/mol. The van der Waals surface area contributed by atoms with Crippen molar-refractivity contribution in [1.82, 2.24) is 0 Å². The van der Waals surface area contributed by atoms with Crippen LogP contribution in [0.15, 0.2) is 16.6 Å². The molecule has 1 aromatic rings. The Morgan fingerprint density at radius 2 is 1.86 bits per heavy atom. The molecule has 0 N–H and O–H groups in total. The van der Waals surface area contributed by atoms with E-state index in [2.05, 4.69) is 35.6 Å². The molecular formula is C10H14BrClOSi. The zero-order chi connectivity index (χ0) is 10.9. The molecule has 1 aromatic carbocycles. The molecule has 0 heterocycles. The van der Waals surface area contributed by atoms with Gasteiger partial charge in [-0.1, -0.05) is 11.6 Å². The molecule has 0 fully saturated rings. The molecule has 0 spiro atoms. The molecule has 4 heteroatoms. The molecule has 0 atom stereocenters. The fourth-order valence-electron chi connectivity index (χ4n) is 1.12. The van der Waals surface area contributed by atoms with E-state index in [1.165, 1.54) is 0 Å². The summed E-state index contributed by atoms with van der Waals surface area (Å²) in [5, 5.41) is 0.734. The van der Waals surface area contributed by atoms with E-state index < -0.39 is 8.32 Å². The Morgan fingerprint density at radius 3 is 2.29 bits per heavy atom. The molecule has 14 heavy (non-hydrogen) atoms. The van der Waals surface area contributed by atoms with Crippen molar-refractivity contribution >= 4 is 35.8 Å². The third-order valence-corrected chi connectivity index (χ3v) is 3.23. The minimum absolute atomic E-state index is 0.734. The third kappa shape index (κ3) is 3.30. The standard InChI is InChI=1S/C10H14BrClOSi/c1-7-5-8(12)6-9(11)10(7)13-14(2,3)4/h5-6H,1-4H3. The van der Waals surface area contributed by atoms with Crippen molar-refractivity contribution in [2.75, 3.05) is 0 Å². The van der Waals surface area contributed by atoms with Gasteiger partial charge in [-0.2, -0.15) is 0 Å². The number of benzene rings is 1. The molecule has 1 nitrogen and oxygen atoms in total. The van der Waals surface area contributed by atoms with E-state index in [4.69, 9.17) is 16.0 Å². The van der Waals surface area contributed by atoms with Gasteiger partial charge in [0.2, 0.25) is 8.32 Å². The van der Waals surface area contributed by atoms with Gasteiger partial charge in [0.25, 0.3) is 0 Å². The van der Waals surface area contributed by atoms with Crippen LogP contribution in [0.2, 0.25) is 24.7 Å². The maximum absolute atomic E-state index is 5.95. The third-order valence-electron chi connectivity index (χ3n) is 1.60. The van der Waals surface area contributed by atoms with Gasteiger partial charge in [0.05, 0.1) is 4.47 Å². The highest BCUT2D eigenvalue weighted by molar-refractivity contribution is 9.10. The molecule has 1 rings (SSSR count). The first kappa shape index (κ1) is 12.1. The summed E-state index contributed by atoms with van der Waals surface area (Å²) in [5.41, 5.74) is 1.08. The molecule has 0 aromatic heterocycles. The number of hydrogen-bond donors (Lipinski definition) is 0. The van der Waals surface area contributed by atoms with E-state index in [1.807, 2.05) is 19.1 Å². The number of hydrogen-bond acceptors (Lipinski definition) is 1. The molecule has 0 bridgehead atoms. The van der Waals surface area contributed by atoms with Crippen molar-refractivity contribution in [3.05, 3.63) is 27.2 Å². The van der Waals surface area contributed by atoms with Crippen LogP contribution in [0.25, 0.3) is 0 Å². The molecule has 0 saturated heterocycles. The number of halogens is 2. The summed E-state index contributed by atoms with van der Waals surface area (Å²) in [5.74, 6) is 0.925. The highest BCUT2D eigenvalue weighted by Gasteiger charge is 2.19. The predicted octanol–water partition coefficient (Wildman–Crippen LogP) is 4.62. The quantitative estimate of drug-likeness (QED) is 0.723. The summed E-state index contributed by atoms with van der Waals surface area (Å²) in [7, 11) is -1.55. The normalized spacial score (nSPS) is 11.6. The fourth-order valence-corrected chi connectivity index (χ4v) is 3.20. The number of aryl methyl sites for hydroxylation is 1. The molecule has 0 saturated carbocycles. The Kier molecular flexibility index (Phi) is 3.67. The number of rotatable bonds is 2. The molecule has 0 aliphatic rings. The second-order valence-electron chi connectivity index (χ2n) is 4.25. The molecular weight excluding hydrogens is 280 g/mol. The highest BCUT2D eigenvalue weighted by atomic mass is 79.9. The van der Waals surface area contributed by atoms with Crippen LogP contribution in [-0.4, -0.2) is 8.32 Å². The summed E-state index contributed by atoms with van der Waals surface area (Å²) in [6.45, 7) is 8.49. The monoisotopic (exact) mass is 292 g/mol. The Morgan fingerprint density at radius 1 is 1.29 bits per heavy atom. The van der Waals surface area contributed by atoms with Crippen molar-refractivity contribution < 1.29 is 4.43 Å². The van der Waals surface area contributed by atoms with Crippen LogP contribution in [-0.2, 0) is 0 Å². The van der Waals surface area contributed by atoms with Crippen LogP contribution in [0.5, 0.6) is 5.75 Å². The average Bonchev–Trinajstić information content (AvgIpc) is 1.95. The van der Waals surface area contributed by atoms with Crippen molar-refractivity contribution in [2.45, 2.75) is 26.6 Å². The smallest absolute Gasteiger partial charge is 0.242 e. The zero-order valence-electron chi connectivity index (χ0n) is 8.82. The van der Waals surface area contributed by atoms with Gasteiger partial charge in [-0.25, -0.2) is 0 Å². The lowest BCUT2D eigenvalue weighted by molar-refractivity contribution is 0.549. The Balaban J connectivity index is 3.09. The second-order valence-corrected chi connectivity index (χ2v) is 9.97. The minimum Gasteiger partial charge on any atom is -0.543 e. The largest absolute Gasteiger partial charge is 0.543 e. The van der Waals surface area contributed by atoms with Crippen molar-refractivity contribution in [2.24, 2.45) is 0 Å². The summed E-state index contributed by atoms with van der Waals surface area (Å²) in [4.78, 5) is 0. The molecule has 0 aliphatic carbocycles. The van der Waals surface area contributed by atoms with E-state index >= 15 is 0 Å². The van der Waals surface area contributed by atoms with E-state index in [0.29, 0.717) is 0 Å². The molecule has 0 radical (unpaired) electrons. The predicted molar refractivity (Wildman–Crippen MR) is 67.9 cm³/mol. The van der Waals surface area contributed by atoms with Gasteiger partial charge in [-0.05, 0) is 60.2 Å². The molecule has 0 unspecified atom stereocenters. The van der Waals surface area contributed by atoms with E-state index in [9.17, 15) is 0 Å². The summed E-state index contributed by atoms with van der Waals surface area (Å²) in [6, 6.07) is 3.78. The SMILES string of the molecule is Cc1cc(Cl)cc(Br)c1O[Si](C)(C)C. The maximum atomic E-state index is 5.95. The van der Waals surface area contributed by atoms with Gasteiger partial charge in [-0.15, -0.1) is 0 Å².